The van der Waals surface area contributed by atoms with Crippen LogP contribution in [-0.2, 0) is 11.3 Å². The number of amides is 1. The van der Waals surface area contributed by atoms with Gasteiger partial charge >= 0.3 is 0 Å². The first-order valence-corrected chi connectivity index (χ1v) is 8.43. The standard InChI is InChI=1S/C19H17FN4O3/c20-14-4-1-2-5-16(14)27-13-18(25)21-7-8-23-9-10-24-19(23)12-15(22-24)17-6-3-11-26-17/h1-6,9-12H,7-8,13H2,(H,21,25). The van der Waals surface area contributed by atoms with Gasteiger partial charge < -0.3 is 19.0 Å². The number of carbonyl (C=O) groups excluding carboxylic acids is 1. The van der Waals surface area contributed by atoms with E-state index in [0.717, 1.165) is 11.3 Å². The number of hydrogen-bond acceptors (Lipinski definition) is 4. The maximum Gasteiger partial charge on any atom is 0.258 e. The van der Waals surface area contributed by atoms with Gasteiger partial charge in [0.15, 0.2) is 23.9 Å². The molecule has 7 nitrogen and oxygen atoms in total. The zero-order valence-electron chi connectivity index (χ0n) is 14.3. The molecule has 0 spiro atoms. The molecule has 0 aliphatic carbocycles. The summed E-state index contributed by atoms with van der Waals surface area (Å²) in [6.45, 7) is 0.730. The van der Waals surface area contributed by atoms with Gasteiger partial charge in [-0.15, -0.1) is 0 Å². The number of fused-ring (bicyclic) bond motifs is 1. The monoisotopic (exact) mass is 368 g/mol. The molecule has 138 valence electrons. The number of nitrogens with zero attached hydrogens (tertiary/aromatic N) is 3. The first-order chi connectivity index (χ1) is 13.2. The van der Waals surface area contributed by atoms with Crippen molar-refractivity contribution < 1.29 is 18.3 Å². The van der Waals surface area contributed by atoms with E-state index in [1.165, 1.54) is 12.1 Å². The van der Waals surface area contributed by atoms with Crippen molar-refractivity contribution in [3.8, 4) is 17.2 Å². The lowest BCUT2D eigenvalue weighted by atomic mass is 10.3. The highest BCUT2D eigenvalue weighted by molar-refractivity contribution is 5.77. The van der Waals surface area contributed by atoms with Crippen molar-refractivity contribution in [3.05, 3.63) is 66.9 Å². The maximum absolute atomic E-state index is 13.5. The first kappa shape index (κ1) is 16.9. The number of imidazole rings is 1. The Balaban J connectivity index is 1.31. The van der Waals surface area contributed by atoms with E-state index in [9.17, 15) is 9.18 Å². The summed E-state index contributed by atoms with van der Waals surface area (Å²) in [5.41, 5.74) is 1.63. The van der Waals surface area contributed by atoms with Crippen LogP contribution in [0.2, 0.25) is 0 Å². The van der Waals surface area contributed by atoms with Gasteiger partial charge in [-0.05, 0) is 24.3 Å². The predicted octanol–water partition coefficient (Wildman–Crippen LogP) is 2.73. The van der Waals surface area contributed by atoms with Gasteiger partial charge in [-0.25, -0.2) is 8.91 Å². The van der Waals surface area contributed by atoms with Gasteiger partial charge in [0.1, 0.15) is 11.3 Å². The van der Waals surface area contributed by atoms with E-state index in [0.29, 0.717) is 18.8 Å². The van der Waals surface area contributed by atoms with Crippen LogP contribution in [0.15, 0.2) is 65.5 Å². The molecule has 4 rings (SSSR count). The first-order valence-electron chi connectivity index (χ1n) is 8.43. The second kappa shape index (κ2) is 7.36. The van der Waals surface area contributed by atoms with Crippen LogP contribution in [0.3, 0.4) is 0 Å². The van der Waals surface area contributed by atoms with Crippen molar-refractivity contribution in [1.82, 2.24) is 19.5 Å². The topological polar surface area (TPSA) is 73.7 Å². The van der Waals surface area contributed by atoms with Gasteiger partial charge in [-0.2, -0.15) is 5.10 Å². The van der Waals surface area contributed by atoms with Crippen LogP contribution < -0.4 is 10.1 Å². The molecule has 0 saturated heterocycles. The quantitative estimate of drug-likeness (QED) is 0.544. The minimum Gasteiger partial charge on any atom is -0.481 e. The fourth-order valence-electron chi connectivity index (χ4n) is 2.73. The molecule has 27 heavy (non-hydrogen) atoms. The molecule has 0 bridgehead atoms. The van der Waals surface area contributed by atoms with E-state index in [-0.39, 0.29) is 18.3 Å². The molecular weight excluding hydrogens is 351 g/mol. The summed E-state index contributed by atoms with van der Waals surface area (Å²) in [4.78, 5) is 11.9. The Morgan fingerprint density at radius 3 is 2.93 bits per heavy atom. The smallest absolute Gasteiger partial charge is 0.258 e. The second-order valence-corrected chi connectivity index (χ2v) is 5.87. The fourth-order valence-corrected chi connectivity index (χ4v) is 2.73. The Kier molecular flexibility index (Phi) is 4.61. The molecule has 0 atom stereocenters. The van der Waals surface area contributed by atoms with Crippen LogP contribution in [-0.4, -0.2) is 33.2 Å². The number of hydrogen-bond donors (Lipinski definition) is 1. The Morgan fingerprint density at radius 2 is 2.11 bits per heavy atom. The molecule has 0 aliphatic heterocycles. The minimum absolute atomic E-state index is 0.0597. The average molecular weight is 368 g/mol. The number of rotatable bonds is 7. The highest BCUT2D eigenvalue weighted by atomic mass is 19.1. The molecule has 0 fully saturated rings. The number of aromatic nitrogens is 3. The van der Waals surface area contributed by atoms with Gasteiger partial charge in [0.05, 0.1) is 6.26 Å². The number of halogens is 1. The van der Waals surface area contributed by atoms with Crippen LogP contribution in [0, 0.1) is 5.82 Å². The van der Waals surface area contributed by atoms with Crippen LogP contribution >= 0.6 is 0 Å². The second-order valence-electron chi connectivity index (χ2n) is 5.87. The zero-order valence-corrected chi connectivity index (χ0v) is 14.3. The highest BCUT2D eigenvalue weighted by Gasteiger charge is 2.10. The third kappa shape index (κ3) is 3.69. The summed E-state index contributed by atoms with van der Waals surface area (Å²) >= 11 is 0. The number of para-hydroxylation sites is 1. The number of nitrogens with one attached hydrogen (secondary N) is 1. The summed E-state index contributed by atoms with van der Waals surface area (Å²) in [7, 11) is 0. The molecule has 3 aromatic heterocycles. The van der Waals surface area contributed by atoms with Crippen molar-refractivity contribution in [2.45, 2.75) is 6.54 Å². The SMILES string of the molecule is O=C(COc1ccccc1F)NCCn1ccn2nc(-c3ccco3)cc12. The van der Waals surface area contributed by atoms with E-state index in [2.05, 4.69) is 10.4 Å². The van der Waals surface area contributed by atoms with E-state index < -0.39 is 5.82 Å². The van der Waals surface area contributed by atoms with Crippen molar-refractivity contribution >= 4 is 11.6 Å². The molecule has 0 aliphatic rings. The molecule has 4 aromatic rings. The van der Waals surface area contributed by atoms with E-state index in [1.807, 2.05) is 35.2 Å². The lowest BCUT2D eigenvalue weighted by molar-refractivity contribution is -0.123. The van der Waals surface area contributed by atoms with Gasteiger partial charge in [-0.1, -0.05) is 12.1 Å². The van der Waals surface area contributed by atoms with Crippen molar-refractivity contribution in [1.29, 1.82) is 0 Å². The maximum atomic E-state index is 13.5. The number of carbonyl (C=O) groups is 1. The molecule has 1 N–H and O–H groups in total. The fraction of sp³-hybridized carbons (Fsp3) is 0.158. The Hall–Kier alpha value is -3.55. The summed E-state index contributed by atoms with van der Waals surface area (Å²) in [5, 5.41) is 7.20. The van der Waals surface area contributed by atoms with Gasteiger partial charge in [-0.3, -0.25) is 4.79 Å². The number of furan rings is 1. The lowest BCUT2D eigenvalue weighted by Gasteiger charge is -2.08. The minimum atomic E-state index is -0.492. The van der Waals surface area contributed by atoms with Crippen LogP contribution in [0.4, 0.5) is 4.39 Å². The van der Waals surface area contributed by atoms with E-state index >= 15 is 0 Å². The molecular formula is C19H17FN4O3. The third-order valence-electron chi connectivity index (χ3n) is 4.04. The van der Waals surface area contributed by atoms with Crippen LogP contribution in [0.5, 0.6) is 5.75 Å². The largest absolute Gasteiger partial charge is 0.481 e. The van der Waals surface area contributed by atoms with Crippen LogP contribution in [0.25, 0.3) is 17.1 Å². The van der Waals surface area contributed by atoms with E-state index in [1.54, 1.807) is 22.9 Å². The molecule has 8 heteroatoms. The molecule has 0 radical (unpaired) electrons. The third-order valence-corrected chi connectivity index (χ3v) is 4.04. The van der Waals surface area contributed by atoms with Crippen molar-refractivity contribution in [3.63, 3.8) is 0 Å². The summed E-state index contributed by atoms with van der Waals surface area (Å²) in [6, 6.07) is 11.6. The van der Waals surface area contributed by atoms with Gasteiger partial charge in [0.25, 0.3) is 5.91 Å². The normalized spacial score (nSPS) is 11.0. The highest BCUT2D eigenvalue weighted by Crippen LogP contribution is 2.20. The Bertz CT molecular complexity index is 1050. The molecule has 0 unspecified atom stereocenters. The predicted molar refractivity (Wildman–Crippen MR) is 95.8 cm³/mol. The number of benzene rings is 1. The van der Waals surface area contributed by atoms with Crippen LogP contribution in [0.1, 0.15) is 0 Å². The molecule has 1 aromatic carbocycles. The number of ether oxygens (including phenoxy) is 1. The Labute approximate surface area is 154 Å². The summed E-state index contributed by atoms with van der Waals surface area (Å²) in [6.07, 6.45) is 5.33. The molecule has 1 amide bonds. The van der Waals surface area contributed by atoms with Crippen molar-refractivity contribution in [2.24, 2.45) is 0 Å². The lowest BCUT2D eigenvalue weighted by Crippen LogP contribution is -2.31. The molecule has 3 heterocycles. The van der Waals surface area contributed by atoms with E-state index in [4.69, 9.17) is 9.15 Å². The van der Waals surface area contributed by atoms with Gasteiger partial charge in [0, 0.05) is 31.5 Å². The summed E-state index contributed by atoms with van der Waals surface area (Å²) < 4.78 is 27.7. The van der Waals surface area contributed by atoms with Crippen molar-refractivity contribution in [2.75, 3.05) is 13.2 Å². The summed E-state index contributed by atoms with van der Waals surface area (Å²) in [5.74, 6) is -0.0485. The average Bonchev–Trinajstić information content (AvgIpc) is 3.39. The van der Waals surface area contributed by atoms with Gasteiger partial charge in [0.2, 0.25) is 0 Å². The zero-order chi connectivity index (χ0) is 18.6. The Morgan fingerprint density at radius 1 is 1.22 bits per heavy atom. The molecule has 0 saturated carbocycles.